The maximum Gasteiger partial charge on any atom is 0.135 e. The lowest BCUT2D eigenvalue weighted by molar-refractivity contribution is 0.669. The van der Waals surface area contributed by atoms with Gasteiger partial charge in [0, 0.05) is 10.8 Å². The molecule has 0 saturated carbocycles. The Hall–Kier alpha value is -12.2. The SMILES string of the molecule is Cc1ccc(-c2ccc3ccccc3c2)cc1.Cc1ccc2c(-c3ccccc3)cccc2c1.Cc1ccc2cc(-c3ccccc3)ccc2c1.Cc1ccc2oc3ccccc3c2c1.Cc1cccc(-c2ccc3ccccc3c2)c1.Cc1ccccc1-c1ccc2ccccc2c1. The van der Waals surface area contributed by atoms with Crippen LogP contribution >= 0.6 is 0 Å². The number of rotatable bonds is 5. The van der Waals surface area contributed by atoms with E-state index in [1.165, 1.54) is 154 Å². The van der Waals surface area contributed by atoms with Crippen molar-refractivity contribution in [3.63, 3.8) is 0 Å². The summed E-state index contributed by atoms with van der Waals surface area (Å²) in [6.07, 6.45) is 0. The molecule has 0 radical (unpaired) electrons. The predicted octanol–water partition coefficient (Wildman–Crippen LogP) is 28.0. The first-order chi connectivity index (χ1) is 48.5. The summed E-state index contributed by atoms with van der Waals surface area (Å²) in [5, 5.41) is 15.4. The number of benzene rings is 17. The summed E-state index contributed by atoms with van der Waals surface area (Å²) in [6.45, 7) is 12.8. The molecule has 18 aromatic rings. The molecule has 17 aromatic carbocycles. The van der Waals surface area contributed by atoms with E-state index in [-0.39, 0.29) is 0 Å². The standard InChI is InChI=1S/5C17H14.C13H10O/c1-13-6-2-5-9-17(13)16-11-10-14-7-3-4-8-15(14)12-16;1-13-5-4-8-15(11-13)17-10-9-14-6-2-3-7-16(14)12-17;1-13-10-11-17-15(12-13)8-5-9-16(17)14-6-3-2-4-7-14;1-13-6-8-15(9-7-13)17-11-10-14-4-2-3-5-16(14)12-17;1-13-7-8-17-12-16(10-9-15(17)11-13)14-5-3-2-4-6-14;1-9-6-7-13-11(8-9)10-4-2-3-5-12(10)14-13/h5*2-12H,1H3;2-8H,1H3. The monoisotopic (exact) mass is 1270 g/mol. The van der Waals surface area contributed by atoms with Gasteiger partial charge in [-0.05, 0) is 199 Å². The van der Waals surface area contributed by atoms with Crippen LogP contribution in [0.15, 0.2) is 381 Å². The smallest absolute Gasteiger partial charge is 0.135 e. The number of hydrogen-bond donors (Lipinski definition) is 0. The molecule has 0 unspecified atom stereocenters. The predicted molar refractivity (Wildman–Crippen MR) is 429 cm³/mol. The largest absolute Gasteiger partial charge is 0.456 e. The van der Waals surface area contributed by atoms with Gasteiger partial charge in [0.2, 0.25) is 0 Å². The second kappa shape index (κ2) is 31.1. The lowest BCUT2D eigenvalue weighted by Crippen LogP contribution is -1.82. The topological polar surface area (TPSA) is 13.1 Å². The van der Waals surface area contributed by atoms with E-state index >= 15 is 0 Å². The van der Waals surface area contributed by atoms with Crippen LogP contribution in [0.3, 0.4) is 0 Å². The van der Waals surface area contributed by atoms with Gasteiger partial charge in [0.15, 0.2) is 0 Å². The van der Waals surface area contributed by atoms with Crippen molar-refractivity contribution in [1.29, 1.82) is 0 Å². The highest BCUT2D eigenvalue weighted by atomic mass is 16.3. The normalized spacial score (nSPS) is 10.7. The first kappa shape index (κ1) is 65.5. The molecule has 0 spiro atoms. The van der Waals surface area contributed by atoms with Crippen molar-refractivity contribution in [3.8, 4) is 55.6 Å². The van der Waals surface area contributed by atoms with Crippen molar-refractivity contribution < 1.29 is 4.42 Å². The lowest BCUT2D eigenvalue weighted by atomic mass is 9.97. The summed E-state index contributed by atoms with van der Waals surface area (Å²) in [4.78, 5) is 0. The Morgan fingerprint density at radius 3 is 1.15 bits per heavy atom. The zero-order valence-electron chi connectivity index (χ0n) is 57.2. The van der Waals surface area contributed by atoms with Crippen molar-refractivity contribution in [2.24, 2.45) is 0 Å². The van der Waals surface area contributed by atoms with Crippen molar-refractivity contribution in [1.82, 2.24) is 0 Å². The van der Waals surface area contributed by atoms with Gasteiger partial charge >= 0.3 is 0 Å². The Morgan fingerprint density at radius 2 is 0.525 bits per heavy atom. The highest BCUT2D eigenvalue weighted by molar-refractivity contribution is 6.05. The second-order valence-electron chi connectivity index (χ2n) is 25.7. The summed E-state index contributed by atoms with van der Waals surface area (Å²) in [5.74, 6) is 0. The fourth-order valence-corrected chi connectivity index (χ4v) is 12.8. The van der Waals surface area contributed by atoms with Crippen LogP contribution in [-0.2, 0) is 0 Å². The summed E-state index contributed by atoms with van der Waals surface area (Å²) in [7, 11) is 0. The van der Waals surface area contributed by atoms with E-state index < -0.39 is 0 Å². The maximum absolute atomic E-state index is 5.71. The zero-order chi connectivity index (χ0) is 67.9. The van der Waals surface area contributed by atoms with Gasteiger partial charge in [-0.15, -0.1) is 0 Å². The lowest BCUT2D eigenvalue weighted by Gasteiger charge is -2.07. The Kier molecular flexibility index (Phi) is 20.6. The molecule has 0 saturated heterocycles. The van der Waals surface area contributed by atoms with Gasteiger partial charge in [0.05, 0.1) is 0 Å². The summed E-state index contributed by atoms with van der Waals surface area (Å²) in [6, 6.07) is 133. The van der Waals surface area contributed by atoms with Gasteiger partial charge < -0.3 is 4.42 Å². The van der Waals surface area contributed by atoms with Gasteiger partial charge in [0.1, 0.15) is 11.2 Å². The molecule has 0 bridgehead atoms. The zero-order valence-corrected chi connectivity index (χ0v) is 57.2. The van der Waals surface area contributed by atoms with Crippen molar-refractivity contribution in [3.05, 3.63) is 409 Å². The molecule has 0 fully saturated rings. The van der Waals surface area contributed by atoms with Crippen LogP contribution in [0.4, 0.5) is 0 Å². The van der Waals surface area contributed by atoms with Crippen LogP contribution in [0.25, 0.3) is 131 Å². The molecule has 1 aromatic heterocycles. The summed E-state index contributed by atoms with van der Waals surface area (Å²) < 4.78 is 5.71. The fourth-order valence-electron chi connectivity index (χ4n) is 12.8. The third-order valence-corrected chi connectivity index (χ3v) is 18.2. The number of furan rings is 1. The molecule has 1 heterocycles. The minimum atomic E-state index is 0.966. The van der Waals surface area contributed by atoms with Gasteiger partial charge in [0.25, 0.3) is 0 Å². The number of fused-ring (bicyclic) bond motifs is 8. The molecule has 0 aliphatic heterocycles. The van der Waals surface area contributed by atoms with Gasteiger partial charge in [-0.2, -0.15) is 0 Å². The minimum Gasteiger partial charge on any atom is -0.456 e. The first-order valence-electron chi connectivity index (χ1n) is 34.2. The Bertz CT molecular complexity index is 5740. The molecule has 0 aliphatic carbocycles. The van der Waals surface area contributed by atoms with Crippen LogP contribution < -0.4 is 0 Å². The van der Waals surface area contributed by atoms with Crippen LogP contribution in [0.1, 0.15) is 33.4 Å². The van der Waals surface area contributed by atoms with E-state index in [1.807, 2.05) is 30.3 Å². The second-order valence-corrected chi connectivity index (χ2v) is 25.7. The quantitative estimate of drug-likeness (QED) is 0.167. The molecule has 1 heteroatoms. The Balaban J connectivity index is 0.000000107. The first-order valence-corrected chi connectivity index (χ1v) is 34.2. The Labute approximate surface area is 583 Å². The molecule has 0 N–H and O–H groups in total. The van der Waals surface area contributed by atoms with Crippen LogP contribution in [-0.4, -0.2) is 0 Å². The summed E-state index contributed by atoms with van der Waals surface area (Å²) >= 11 is 0. The van der Waals surface area contributed by atoms with Gasteiger partial charge in [-0.3, -0.25) is 0 Å². The highest BCUT2D eigenvalue weighted by Gasteiger charge is 2.08. The average Bonchev–Trinajstić information content (AvgIpc) is 1.66. The van der Waals surface area contributed by atoms with Crippen LogP contribution in [0.2, 0.25) is 0 Å². The van der Waals surface area contributed by atoms with E-state index in [0.717, 1.165) is 11.2 Å². The number of hydrogen-bond acceptors (Lipinski definition) is 1. The van der Waals surface area contributed by atoms with E-state index in [4.69, 9.17) is 4.42 Å². The minimum absolute atomic E-state index is 0.966. The molecule has 0 aliphatic rings. The highest BCUT2D eigenvalue weighted by Crippen LogP contribution is 2.33. The van der Waals surface area contributed by atoms with E-state index in [9.17, 15) is 0 Å². The van der Waals surface area contributed by atoms with E-state index in [1.54, 1.807) is 0 Å². The molecule has 18 rings (SSSR count). The van der Waals surface area contributed by atoms with E-state index in [2.05, 4.69) is 387 Å². The Morgan fingerprint density at radius 1 is 0.162 bits per heavy atom. The molecule has 99 heavy (non-hydrogen) atoms. The maximum atomic E-state index is 5.71. The molecule has 0 atom stereocenters. The molecular weight excluding hydrogens is 1190 g/mol. The van der Waals surface area contributed by atoms with Crippen LogP contribution in [0, 0.1) is 41.5 Å². The molecular formula is C98H80O. The molecule has 478 valence electrons. The molecule has 1 nitrogen and oxygen atoms in total. The van der Waals surface area contributed by atoms with Gasteiger partial charge in [-0.1, -0.05) is 361 Å². The fraction of sp³-hybridized carbons (Fsp3) is 0.0612. The van der Waals surface area contributed by atoms with E-state index in [0.29, 0.717) is 0 Å². The number of para-hydroxylation sites is 1. The third-order valence-electron chi connectivity index (χ3n) is 18.2. The third kappa shape index (κ3) is 16.4. The van der Waals surface area contributed by atoms with Gasteiger partial charge in [-0.25, -0.2) is 0 Å². The molecule has 0 amide bonds. The number of aryl methyl sites for hydroxylation is 6. The van der Waals surface area contributed by atoms with Crippen LogP contribution in [0.5, 0.6) is 0 Å². The average molecular weight is 1270 g/mol. The summed E-state index contributed by atoms with van der Waals surface area (Å²) in [5.41, 5.74) is 22.6. The van der Waals surface area contributed by atoms with Crippen molar-refractivity contribution in [2.45, 2.75) is 41.5 Å². The van der Waals surface area contributed by atoms with Crippen molar-refractivity contribution >= 4 is 75.8 Å². The van der Waals surface area contributed by atoms with Crippen molar-refractivity contribution in [2.75, 3.05) is 0 Å².